The molecular weight excluding hydrogens is 472 g/mol. The molecule has 37 heavy (non-hydrogen) atoms. The number of fused-ring (bicyclic) bond motifs is 1. The number of non-ortho nitro benzene ring substituents is 1. The minimum atomic E-state index is -0.489. The lowest BCUT2D eigenvalue weighted by atomic mass is 9.93. The first-order valence-corrected chi connectivity index (χ1v) is 12.9. The molecule has 1 aliphatic heterocycles. The van der Waals surface area contributed by atoms with E-state index in [-0.39, 0.29) is 18.4 Å². The van der Waals surface area contributed by atoms with Gasteiger partial charge in [-0.2, -0.15) is 0 Å². The van der Waals surface area contributed by atoms with E-state index in [0.29, 0.717) is 11.7 Å². The molecule has 2 aromatic carbocycles. The van der Waals surface area contributed by atoms with Crippen molar-refractivity contribution in [2.75, 3.05) is 13.1 Å². The van der Waals surface area contributed by atoms with Gasteiger partial charge >= 0.3 is 6.09 Å². The van der Waals surface area contributed by atoms with Gasteiger partial charge in [0.05, 0.1) is 16.0 Å². The van der Waals surface area contributed by atoms with E-state index in [9.17, 15) is 14.9 Å². The van der Waals surface area contributed by atoms with Gasteiger partial charge in [0.1, 0.15) is 23.8 Å². The SMILES string of the molecule is Cc1cccc2c1nc(COc1ccc([N+](=O)[O-])cc1)n2CCCC1CCCN(C(=O)OC(C)(C)C)C1. The number of rotatable bonds is 8. The predicted molar refractivity (Wildman–Crippen MR) is 142 cm³/mol. The normalized spacial score (nSPS) is 16.1. The van der Waals surface area contributed by atoms with Crippen LogP contribution in [0.3, 0.4) is 0 Å². The van der Waals surface area contributed by atoms with Gasteiger partial charge in [-0.25, -0.2) is 9.78 Å². The number of amides is 1. The summed E-state index contributed by atoms with van der Waals surface area (Å²) in [7, 11) is 0. The number of nitro benzene ring substituents is 1. The van der Waals surface area contributed by atoms with Crippen molar-refractivity contribution in [2.45, 2.75) is 72.1 Å². The van der Waals surface area contributed by atoms with E-state index in [2.05, 4.69) is 10.6 Å². The zero-order valence-corrected chi connectivity index (χ0v) is 22.1. The summed E-state index contributed by atoms with van der Waals surface area (Å²) in [5.74, 6) is 1.82. The summed E-state index contributed by atoms with van der Waals surface area (Å²) >= 11 is 0. The first-order chi connectivity index (χ1) is 17.6. The van der Waals surface area contributed by atoms with Crippen LogP contribution in [0.1, 0.15) is 57.8 Å². The van der Waals surface area contributed by atoms with Gasteiger partial charge in [0, 0.05) is 31.8 Å². The van der Waals surface area contributed by atoms with Crippen LogP contribution in [0.15, 0.2) is 42.5 Å². The molecule has 1 aromatic heterocycles. The lowest BCUT2D eigenvalue weighted by Gasteiger charge is -2.34. The maximum atomic E-state index is 12.5. The molecule has 2 heterocycles. The Hall–Kier alpha value is -3.62. The molecule has 0 saturated carbocycles. The summed E-state index contributed by atoms with van der Waals surface area (Å²) in [6.45, 7) is 10.3. The first kappa shape index (κ1) is 26.4. The molecule has 1 atom stereocenters. The highest BCUT2D eigenvalue weighted by Crippen LogP contribution is 2.26. The summed E-state index contributed by atoms with van der Waals surface area (Å²) < 4.78 is 13.7. The zero-order valence-electron chi connectivity index (χ0n) is 22.1. The number of para-hydroxylation sites is 1. The highest BCUT2D eigenvalue weighted by atomic mass is 16.6. The van der Waals surface area contributed by atoms with E-state index in [1.54, 1.807) is 12.1 Å². The molecule has 0 spiro atoms. The van der Waals surface area contributed by atoms with E-state index in [1.807, 2.05) is 44.7 Å². The number of nitrogens with zero attached hydrogens (tertiary/aromatic N) is 4. The summed E-state index contributed by atoms with van der Waals surface area (Å²) in [6, 6.07) is 12.3. The number of hydrogen-bond donors (Lipinski definition) is 0. The highest BCUT2D eigenvalue weighted by Gasteiger charge is 2.27. The van der Waals surface area contributed by atoms with Crippen molar-refractivity contribution in [3.05, 3.63) is 64.0 Å². The number of aryl methyl sites for hydroxylation is 2. The molecule has 9 heteroatoms. The maximum absolute atomic E-state index is 12.5. The van der Waals surface area contributed by atoms with Crippen LogP contribution >= 0.6 is 0 Å². The Morgan fingerprint density at radius 2 is 1.95 bits per heavy atom. The third-order valence-electron chi connectivity index (χ3n) is 6.64. The molecule has 0 bridgehead atoms. The molecule has 1 unspecified atom stereocenters. The molecular formula is C28H36N4O5. The first-order valence-electron chi connectivity index (χ1n) is 12.9. The Balaban J connectivity index is 1.41. The number of imidazole rings is 1. The summed E-state index contributed by atoms with van der Waals surface area (Å²) in [6.07, 6.45) is 3.84. The van der Waals surface area contributed by atoms with Crippen molar-refractivity contribution in [2.24, 2.45) is 5.92 Å². The third kappa shape index (κ3) is 6.78. The number of benzene rings is 2. The topological polar surface area (TPSA) is 99.7 Å². The lowest BCUT2D eigenvalue weighted by Crippen LogP contribution is -2.42. The van der Waals surface area contributed by atoms with Crippen molar-refractivity contribution in [3.8, 4) is 5.75 Å². The Bertz CT molecular complexity index is 1250. The highest BCUT2D eigenvalue weighted by molar-refractivity contribution is 5.79. The van der Waals surface area contributed by atoms with Gasteiger partial charge in [0.2, 0.25) is 0 Å². The van der Waals surface area contributed by atoms with Gasteiger partial charge in [-0.3, -0.25) is 10.1 Å². The summed E-state index contributed by atoms with van der Waals surface area (Å²) in [5.41, 5.74) is 2.67. The second-order valence-corrected chi connectivity index (χ2v) is 10.7. The molecule has 0 radical (unpaired) electrons. The van der Waals surface area contributed by atoms with Gasteiger partial charge in [0.15, 0.2) is 0 Å². The predicted octanol–water partition coefficient (Wildman–Crippen LogP) is 6.26. The van der Waals surface area contributed by atoms with Crippen molar-refractivity contribution >= 4 is 22.8 Å². The molecule has 4 rings (SSSR count). The van der Waals surface area contributed by atoms with Gasteiger partial charge in [-0.1, -0.05) is 12.1 Å². The minimum absolute atomic E-state index is 0.0307. The Labute approximate surface area is 217 Å². The number of ether oxygens (including phenoxy) is 2. The summed E-state index contributed by atoms with van der Waals surface area (Å²) in [4.78, 5) is 29.7. The van der Waals surface area contributed by atoms with E-state index in [0.717, 1.165) is 67.7 Å². The molecule has 3 aromatic rings. The number of carbonyl (C=O) groups is 1. The van der Waals surface area contributed by atoms with Crippen LogP contribution in [-0.2, 0) is 17.9 Å². The van der Waals surface area contributed by atoms with Crippen LogP contribution in [0, 0.1) is 23.0 Å². The fraction of sp³-hybridized carbons (Fsp3) is 0.500. The minimum Gasteiger partial charge on any atom is -0.486 e. The fourth-order valence-corrected chi connectivity index (χ4v) is 4.84. The van der Waals surface area contributed by atoms with Gasteiger partial charge in [-0.15, -0.1) is 0 Å². The van der Waals surface area contributed by atoms with Crippen LogP contribution in [0.5, 0.6) is 5.75 Å². The maximum Gasteiger partial charge on any atom is 0.410 e. The van der Waals surface area contributed by atoms with Crippen LogP contribution in [0.25, 0.3) is 11.0 Å². The number of carbonyl (C=O) groups excluding carboxylic acids is 1. The second-order valence-electron chi connectivity index (χ2n) is 10.7. The molecule has 1 amide bonds. The van der Waals surface area contributed by atoms with Crippen molar-refractivity contribution in [1.82, 2.24) is 14.5 Å². The van der Waals surface area contributed by atoms with Crippen molar-refractivity contribution < 1.29 is 19.2 Å². The third-order valence-corrected chi connectivity index (χ3v) is 6.64. The average Bonchev–Trinajstić information content (AvgIpc) is 3.21. The summed E-state index contributed by atoms with van der Waals surface area (Å²) in [5, 5.41) is 10.9. The average molecular weight is 509 g/mol. The molecule has 0 N–H and O–H groups in total. The van der Waals surface area contributed by atoms with E-state index < -0.39 is 10.5 Å². The molecule has 1 fully saturated rings. The standard InChI is InChI=1S/C28H36N4O5/c1-20-8-5-11-24-26(20)29-25(19-36-23-14-12-22(13-15-23)32(34)35)31(24)17-7-10-21-9-6-16-30(18-21)27(33)37-28(2,3)4/h5,8,11-15,21H,6-7,9-10,16-19H2,1-4H3. The van der Waals surface area contributed by atoms with E-state index in [4.69, 9.17) is 14.5 Å². The lowest BCUT2D eigenvalue weighted by molar-refractivity contribution is -0.384. The monoisotopic (exact) mass is 508 g/mol. The molecule has 9 nitrogen and oxygen atoms in total. The van der Waals surface area contributed by atoms with Gasteiger partial charge < -0.3 is 18.9 Å². The number of likely N-dealkylation sites (tertiary alicyclic amines) is 1. The van der Waals surface area contributed by atoms with Crippen molar-refractivity contribution in [1.29, 1.82) is 0 Å². The van der Waals surface area contributed by atoms with Gasteiger partial charge in [0.25, 0.3) is 5.69 Å². The van der Waals surface area contributed by atoms with E-state index >= 15 is 0 Å². The molecule has 0 aliphatic carbocycles. The quantitative estimate of drug-likeness (QED) is 0.263. The fourth-order valence-electron chi connectivity index (χ4n) is 4.84. The molecule has 198 valence electrons. The number of piperidine rings is 1. The van der Waals surface area contributed by atoms with Crippen molar-refractivity contribution in [3.63, 3.8) is 0 Å². The van der Waals surface area contributed by atoms with Gasteiger partial charge in [-0.05, 0) is 83.1 Å². The smallest absolute Gasteiger partial charge is 0.410 e. The number of nitro groups is 1. The largest absolute Gasteiger partial charge is 0.486 e. The Kier molecular flexibility index (Phi) is 8.00. The van der Waals surface area contributed by atoms with Crippen LogP contribution in [0.2, 0.25) is 0 Å². The number of aromatic nitrogens is 2. The number of hydrogen-bond acceptors (Lipinski definition) is 6. The molecule has 1 saturated heterocycles. The Morgan fingerprint density at radius 3 is 2.65 bits per heavy atom. The van der Waals surface area contributed by atoms with Crippen LogP contribution in [-0.4, -0.2) is 44.2 Å². The van der Waals surface area contributed by atoms with E-state index in [1.165, 1.54) is 12.1 Å². The molecule has 1 aliphatic rings. The van der Waals surface area contributed by atoms with Crippen LogP contribution < -0.4 is 4.74 Å². The zero-order chi connectivity index (χ0) is 26.6. The second kappa shape index (κ2) is 11.2. The van der Waals surface area contributed by atoms with Crippen LogP contribution in [0.4, 0.5) is 10.5 Å². The Morgan fingerprint density at radius 1 is 1.19 bits per heavy atom.